The highest BCUT2D eigenvalue weighted by molar-refractivity contribution is 5.85. The average molecular weight is 466 g/mol. The van der Waals surface area contributed by atoms with Crippen LogP contribution in [0.15, 0.2) is 54.7 Å². The quantitative estimate of drug-likeness (QED) is 0.595. The van der Waals surface area contributed by atoms with E-state index in [4.69, 9.17) is 5.26 Å². The van der Waals surface area contributed by atoms with Gasteiger partial charge in [-0.15, -0.1) is 0 Å². The van der Waals surface area contributed by atoms with E-state index >= 15 is 0 Å². The van der Waals surface area contributed by atoms with Gasteiger partial charge in [-0.05, 0) is 49.1 Å². The molecule has 1 aliphatic rings. The first-order chi connectivity index (χ1) is 16.3. The second kappa shape index (κ2) is 9.87. The van der Waals surface area contributed by atoms with Crippen molar-refractivity contribution in [1.29, 1.82) is 5.26 Å². The molecule has 0 aliphatic carbocycles. The van der Waals surface area contributed by atoms with E-state index in [0.717, 1.165) is 5.56 Å². The number of amides is 1. The Morgan fingerprint density at radius 3 is 2.62 bits per heavy atom. The number of nitriles is 1. The second-order valence-electron chi connectivity index (χ2n) is 7.85. The molecule has 0 spiro atoms. The van der Waals surface area contributed by atoms with E-state index < -0.39 is 18.0 Å². The normalized spacial score (nSPS) is 15.7. The molecule has 7 nitrogen and oxygen atoms in total. The molecule has 0 saturated carbocycles. The molecule has 1 aromatic carbocycles. The number of aromatic nitrogens is 3. The maximum absolute atomic E-state index is 13.5. The Bertz CT molecular complexity index is 1190. The molecule has 1 amide bonds. The number of alkyl halides is 3. The summed E-state index contributed by atoms with van der Waals surface area (Å²) < 4.78 is 40.6. The second-order valence-corrected chi connectivity index (χ2v) is 7.85. The predicted octanol–water partition coefficient (Wildman–Crippen LogP) is 3.76. The molecule has 3 aromatic rings. The Labute approximate surface area is 194 Å². The Morgan fingerprint density at radius 2 is 1.94 bits per heavy atom. The Morgan fingerprint density at radius 1 is 1.15 bits per heavy atom. The van der Waals surface area contributed by atoms with E-state index in [1.165, 1.54) is 12.3 Å². The van der Waals surface area contributed by atoms with Gasteiger partial charge >= 0.3 is 6.18 Å². The van der Waals surface area contributed by atoms with Crippen LogP contribution < -0.4 is 10.2 Å². The first-order valence-electron chi connectivity index (χ1n) is 10.8. The minimum Gasteiger partial charge on any atom is -0.354 e. The largest absolute Gasteiger partial charge is 0.451 e. The zero-order chi connectivity index (χ0) is 24.1. The van der Waals surface area contributed by atoms with E-state index in [1.54, 1.807) is 35.2 Å². The molecule has 2 aromatic heterocycles. The van der Waals surface area contributed by atoms with E-state index in [0.29, 0.717) is 43.6 Å². The van der Waals surface area contributed by atoms with Gasteiger partial charge in [0.05, 0.1) is 23.0 Å². The fraction of sp³-hybridized carbons (Fsp3) is 0.292. The zero-order valence-corrected chi connectivity index (χ0v) is 18.1. The van der Waals surface area contributed by atoms with Gasteiger partial charge in [-0.1, -0.05) is 18.2 Å². The highest BCUT2D eigenvalue weighted by Gasteiger charge is 2.38. The van der Waals surface area contributed by atoms with Crippen LogP contribution in [-0.4, -0.2) is 40.0 Å². The lowest BCUT2D eigenvalue weighted by molar-refractivity contribution is -0.144. The summed E-state index contributed by atoms with van der Waals surface area (Å²) in [5.74, 6) is -1.48. The lowest BCUT2D eigenvalue weighted by Crippen LogP contribution is -2.44. The van der Waals surface area contributed by atoms with Crippen molar-refractivity contribution in [3.05, 3.63) is 71.7 Å². The zero-order valence-electron chi connectivity index (χ0n) is 18.1. The van der Waals surface area contributed by atoms with Crippen LogP contribution >= 0.6 is 0 Å². The van der Waals surface area contributed by atoms with Crippen molar-refractivity contribution < 1.29 is 18.0 Å². The van der Waals surface area contributed by atoms with Gasteiger partial charge in [-0.3, -0.25) is 9.78 Å². The number of carbonyl (C=O) groups is 1. The number of hydrogen-bond donors (Lipinski definition) is 1. The van der Waals surface area contributed by atoms with Crippen molar-refractivity contribution in [2.75, 3.05) is 18.0 Å². The van der Waals surface area contributed by atoms with Gasteiger partial charge in [0, 0.05) is 25.4 Å². The summed E-state index contributed by atoms with van der Waals surface area (Å²) in [5.41, 5.74) is 1.86. The SMILES string of the molecule is N#Cc1ccc(CCNC(=O)[C@@H]2CCCN2c2cc(-c3ccccn3)nc(C(F)(F)F)n2)cc1. The molecule has 1 N–H and O–H groups in total. The van der Waals surface area contributed by atoms with Crippen LogP contribution in [0.5, 0.6) is 0 Å². The molecule has 1 saturated heterocycles. The van der Waals surface area contributed by atoms with Gasteiger partial charge in [0.15, 0.2) is 0 Å². The molecular formula is C24H21F3N6O. The van der Waals surface area contributed by atoms with Crippen molar-refractivity contribution in [1.82, 2.24) is 20.3 Å². The van der Waals surface area contributed by atoms with Crippen molar-refractivity contribution in [2.45, 2.75) is 31.5 Å². The van der Waals surface area contributed by atoms with Crippen LogP contribution in [0.1, 0.15) is 29.8 Å². The number of nitrogens with one attached hydrogen (secondary N) is 1. The van der Waals surface area contributed by atoms with Gasteiger partial charge in [0.1, 0.15) is 11.9 Å². The number of carbonyl (C=O) groups excluding carboxylic acids is 1. The summed E-state index contributed by atoms with van der Waals surface area (Å²) in [6, 6.07) is 14.8. The number of hydrogen-bond acceptors (Lipinski definition) is 6. The highest BCUT2D eigenvalue weighted by Crippen LogP contribution is 2.32. The molecule has 10 heteroatoms. The van der Waals surface area contributed by atoms with Crippen LogP contribution in [0.2, 0.25) is 0 Å². The first-order valence-corrected chi connectivity index (χ1v) is 10.8. The standard InChI is InChI=1S/C24H21F3N6O/c25-24(26,27)23-31-19(18-4-1-2-11-29-18)14-21(32-23)33-13-3-5-20(33)22(34)30-12-10-16-6-8-17(15-28)9-7-16/h1-2,4,6-9,11,14,20H,3,5,10,12-13H2,(H,30,34)/t20-/m0/s1. The third kappa shape index (κ3) is 5.31. The predicted molar refractivity (Wildman–Crippen MR) is 119 cm³/mol. The minimum absolute atomic E-state index is 0.0461. The molecule has 3 heterocycles. The number of benzene rings is 1. The Balaban J connectivity index is 1.51. The number of anilines is 1. The van der Waals surface area contributed by atoms with Crippen LogP contribution in [0.3, 0.4) is 0 Å². The van der Waals surface area contributed by atoms with Crippen molar-refractivity contribution >= 4 is 11.7 Å². The monoisotopic (exact) mass is 466 g/mol. The first kappa shape index (κ1) is 23.2. The molecule has 1 aliphatic heterocycles. The molecule has 0 unspecified atom stereocenters. The van der Waals surface area contributed by atoms with E-state index in [9.17, 15) is 18.0 Å². The van der Waals surface area contributed by atoms with Gasteiger partial charge in [-0.25, -0.2) is 9.97 Å². The van der Waals surface area contributed by atoms with Gasteiger partial charge in [0.2, 0.25) is 11.7 Å². The molecule has 1 fully saturated rings. The third-order valence-corrected chi connectivity index (χ3v) is 5.54. The van der Waals surface area contributed by atoms with Crippen molar-refractivity contribution in [3.8, 4) is 17.5 Å². The smallest absolute Gasteiger partial charge is 0.354 e. The summed E-state index contributed by atoms with van der Waals surface area (Å²) in [6.07, 6.45) is -1.53. The third-order valence-electron chi connectivity index (χ3n) is 5.54. The summed E-state index contributed by atoms with van der Waals surface area (Å²) in [7, 11) is 0. The Hall–Kier alpha value is -4.00. The lowest BCUT2D eigenvalue weighted by Gasteiger charge is -2.26. The number of pyridine rings is 1. The molecular weight excluding hydrogens is 445 g/mol. The van der Waals surface area contributed by atoms with E-state index in [-0.39, 0.29) is 17.4 Å². The van der Waals surface area contributed by atoms with Crippen LogP contribution in [0.25, 0.3) is 11.4 Å². The molecule has 34 heavy (non-hydrogen) atoms. The molecule has 1 atom stereocenters. The van der Waals surface area contributed by atoms with Crippen molar-refractivity contribution in [3.63, 3.8) is 0 Å². The van der Waals surface area contributed by atoms with Gasteiger partial charge in [-0.2, -0.15) is 18.4 Å². The Kier molecular flexibility index (Phi) is 6.72. The minimum atomic E-state index is -4.74. The molecule has 4 rings (SSSR count). The lowest BCUT2D eigenvalue weighted by atomic mass is 10.1. The highest BCUT2D eigenvalue weighted by atomic mass is 19.4. The number of halogens is 3. The maximum atomic E-state index is 13.5. The van der Waals surface area contributed by atoms with E-state index in [1.807, 2.05) is 12.1 Å². The van der Waals surface area contributed by atoms with Gasteiger partial charge in [0.25, 0.3) is 0 Å². The summed E-state index contributed by atoms with van der Waals surface area (Å²) in [6.45, 7) is 0.773. The number of nitrogens with zero attached hydrogens (tertiary/aromatic N) is 5. The number of rotatable bonds is 6. The average Bonchev–Trinajstić information content (AvgIpc) is 3.34. The van der Waals surface area contributed by atoms with Crippen LogP contribution in [0.4, 0.5) is 19.0 Å². The topological polar surface area (TPSA) is 94.8 Å². The summed E-state index contributed by atoms with van der Waals surface area (Å²) >= 11 is 0. The fourth-order valence-electron chi connectivity index (χ4n) is 3.86. The van der Waals surface area contributed by atoms with Crippen LogP contribution in [-0.2, 0) is 17.4 Å². The maximum Gasteiger partial charge on any atom is 0.451 e. The molecule has 174 valence electrons. The van der Waals surface area contributed by atoms with E-state index in [2.05, 4.69) is 26.3 Å². The van der Waals surface area contributed by atoms with Crippen molar-refractivity contribution in [2.24, 2.45) is 0 Å². The van der Waals surface area contributed by atoms with Gasteiger partial charge < -0.3 is 10.2 Å². The molecule has 0 radical (unpaired) electrons. The molecule has 0 bridgehead atoms. The van der Waals surface area contributed by atoms with Crippen LogP contribution in [0, 0.1) is 11.3 Å². The fourth-order valence-corrected chi connectivity index (χ4v) is 3.86. The summed E-state index contributed by atoms with van der Waals surface area (Å²) in [4.78, 5) is 26.0. The summed E-state index contributed by atoms with van der Waals surface area (Å²) in [5, 5.41) is 11.7.